The standard InChI is InChI=1S/C20H27NO5/c1-12-9-15(17(22)14-8-7-13(2)16(10-14)25-6)18(23)21(11-12)19(24)26-20(3,4)5/h7-8,10,12,15H,9,11H2,1-6H3. The number of piperidine rings is 1. The molecular weight excluding hydrogens is 334 g/mol. The van der Waals surface area contributed by atoms with Gasteiger partial charge < -0.3 is 9.47 Å². The van der Waals surface area contributed by atoms with E-state index in [9.17, 15) is 14.4 Å². The van der Waals surface area contributed by atoms with Crippen LogP contribution < -0.4 is 4.74 Å². The highest BCUT2D eigenvalue weighted by Gasteiger charge is 2.41. The molecule has 1 heterocycles. The van der Waals surface area contributed by atoms with Gasteiger partial charge in [-0.05, 0) is 51.7 Å². The minimum atomic E-state index is -0.890. The molecule has 2 rings (SSSR count). The van der Waals surface area contributed by atoms with Crippen molar-refractivity contribution in [1.29, 1.82) is 0 Å². The van der Waals surface area contributed by atoms with Gasteiger partial charge in [0.05, 0.1) is 7.11 Å². The summed E-state index contributed by atoms with van der Waals surface area (Å²) in [6.07, 6.45) is -0.291. The van der Waals surface area contributed by atoms with Gasteiger partial charge in [0.25, 0.3) is 0 Å². The Kier molecular flexibility index (Phi) is 5.74. The van der Waals surface area contributed by atoms with E-state index in [1.807, 2.05) is 13.8 Å². The fourth-order valence-electron chi connectivity index (χ4n) is 3.04. The number of hydrogen-bond acceptors (Lipinski definition) is 5. The number of methoxy groups -OCH3 is 1. The minimum absolute atomic E-state index is 0.0153. The van der Waals surface area contributed by atoms with Crippen molar-refractivity contribution in [1.82, 2.24) is 4.90 Å². The molecule has 142 valence electrons. The zero-order valence-electron chi connectivity index (χ0n) is 16.3. The Balaban J connectivity index is 2.26. The van der Waals surface area contributed by atoms with Gasteiger partial charge in [0.2, 0.25) is 5.91 Å². The Bertz CT molecular complexity index is 719. The number of aryl methyl sites for hydroxylation is 1. The molecule has 0 radical (unpaired) electrons. The summed E-state index contributed by atoms with van der Waals surface area (Å²) >= 11 is 0. The van der Waals surface area contributed by atoms with Crippen LogP contribution in [-0.4, -0.2) is 41.9 Å². The monoisotopic (exact) mass is 361 g/mol. The van der Waals surface area contributed by atoms with E-state index in [0.29, 0.717) is 17.7 Å². The Hall–Kier alpha value is -2.37. The van der Waals surface area contributed by atoms with Crippen molar-refractivity contribution in [2.75, 3.05) is 13.7 Å². The normalized spacial score (nSPS) is 20.7. The van der Waals surface area contributed by atoms with Crippen LogP contribution >= 0.6 is 0 Å². The van der Waals surface area contributed by atoms with Crippen LogP contribution in [0.5, 0.6) is 5.75 Å². The SMILES string of the molecule is COc1cc(C(=O)C2CC(C)CN(C(=O)OC(C)(C)C)C2=O)ccc1C. The number of carbonyl (C=O) groups excluding carboxylic acids is 3. The average Bonchev–Trinajstić information content (AvgIpc) is 2.54. The summed E-state index contributed by atoms with van der Waals surface area (Å²) in [5.41, 5.74) is 0.605. The highest BCUT2D eigenvalue weighted by atomic mass is 16.6. The number of rotatable bonds is 3. The molecule has 26 heavy (non-hydrogen) atoms. The van der Waals surface area contributed by atoms with Crippen molar-refractivity contribution in [2.45, 2.75) is 46.6 Å². The summed E-state index contributed by atoms with van der Waals surface area (Å²) in [5.74, 6) is -1.08. The van der Waals surface area contributed by atoms with E-state index in [1.54, 1.807) is 39.0 Å². The predicted octanol–water partition coefficient (Wildman–Crippen LogP) is 3.61. The summed E-state index contributed by atoms with van der Waals surface area (Å²) < 4.78 is 10.6. The lowest BCUT2D eigenvalue weighted by molar-refractivity contribution is -0.136. The quantitative estimate of drug-likeness (QED) is 0.607. The third-order valence-corrected chi connectivity index (χ3v) is 4.32. The number of Topliss-reactive ketones (excluding diaryl/α,β-unsaturated/α-hetero) is 1. The molecule has 1 aromatic rings. The molecule has 1 aliphatic rings. The number of ether oxygens (including phenoxy) is 2. The van der Waals surface area contributed by atoms with E-state index in [4.69, 9.17) is 9.47 Å². The first kappa shape index (κ1) is 19.9. The lowest BCUT2D eigenvalue weighted by Crippen LogP contribution is -2.51. The Labute approximate surface area is 154 Å². The predicted molar refractivity (Wildman–Crippen MR) is 97.3 cm³/mol. The summed E-state index contributed by atoms with van der Waals surface area (Å²) in [5, 5.41) is 0. The van der Waals surface area contributed by atoms with Gasteiger partial charge in [-0.3, -0.25) is 9.59 Å². The summed E-state index contributed by atoms with van der Waals surface area (Å²) in [6.45, 7) is 9.28. The minimum Gasteiger partial charge on any atom is -0.496 e. The Morgan fingerprint density at radius 1 is 1.23 bits per heavy atom. The van der Waals surface area contributed by atoms with Gasteiger partial charge in [-0.25, -0.2) is 9.69 Å². The second kappa shape index (κ2) is 7.48. The molecule has 0 spiro atoms. The van der Waals surface area contributed by atoms with Crippen LogP contribution in [0.4, 0.5) is 4.79 Å². The molecule has 6 heteroatoms. The molecular formula is C20H27NO5. The van der Waals surface area contributed by atoms with Gasteiger partial charge in [0.1, 0.15) is 17.3 Å². The van der Waals surface area contributed by atoms with Crippen molar-refractivity contribution >= 4 is 17.8 Å². The van der Waals surface area contributed by atoms with E-state index in [1.165, 1.54) is 7.11 Å². The Morgan fingerprint density at radius 2 is 1.88 bits per heavy atom. The van der Waals surface area contributed by atoms with Gasteiger partial charge in [-0.1, -0.05) is 19.1 Å². The van der Waals surface area contributed by atoms with Gasteiger partial charge in [-0.15, -0.1) is 0 Å². The molecule has 0 aromatic heterocycles. The van der Waals surface area contributed by atoms with E-state index >= 15 is 0 Å². The zero-order valence-corrected chi connectivity index (χ0v) is 16.3. The molecule has 0 N–H and O–H groups in total. The number of ketones is 1. The number of hydrogen-bond donors (Lipinski definition) is 0. The van der Waals surface area contributed by atoms with Crippen molar-refractivity contribution in [3.63, 3.8) is 0 Å². The summed E-state index contributed by atoms with van der Waals surface area (Å²) in [6, 6.07) is 5.11. The first-order valence-corrected chi connectivity index (χ1v) is 8.76. The van der Waals surface area contributed by atoms with Gasteiger partial charge >= 0.3 is 6.09 Å². The van der Waals surface area contributed by atoms with E-state index in [-0.39, 0.29) is 18.2 Å². The van der Waals surface area contributed by atoms with Crippen LogP contribution in [-0.2, 0) is 9.53 Å². The van der Waals surface area contributed by atoms with Crippen LogP contribution in [0.2, 0.25) is 0 Å². The van der Waals surface area contributed by atoms with Crippen LogP contribution in [0.3, 0.4) is 0 Å². The largest absolute Gasteiger partial charge is 0.496 e. The summed E-state index contributed by atoms with van der Waals surface area (Å²) in [4.78, 5) is 39.2. The molecule has 0 saturated carbocycles. The molecule has 0 aliphatic carbocycles. The topological polar surface area (TPSA) is 72.9 Å². The smallest absolute Gasteiger partial charge is 0.417 e. The number of amides is 2. The first-order chi connectivity index (χ1) is 12.0. The molecule has 2 unspecified atom stereocenters. The average molecular weight is 361 g/mol. The molecule has 2 atom stereocenters. The summed E-state index contributed by atoms with van der Waals surface area (Å²) in [7, 11) is 1.54. The van der Waals surface area contributed by atoms with Gasteiger partial charge in [0, 0.05) is 12.1 Å². The molecule has 0 bridgehead atoms. The second-order valence-electron chi connectivity index (χ2n) is 7.87. The third kappa shape index (κ3) is 4.42. The number of benzene rings is 1. The second-order valence-corrected chi connectivity index (χ2v) is 7.87. The maximum Gasteiger partial charge on any atom is 0.417 e. The number of imide groups is 1. The highest BCUT2D eigenvalue weighted by molar-refractivity contribution is 6.13. The van der Waals surface area contributed by atoms with Crippen molar-refractivity contribution in [2.24, 2.45) is 11.8 Å². The lowest BCUT2D eigenvalue weighted by atomic mass is 9.84. The van der Waals surface area contributed by atoms with Crippen LogP contribution in [0, 0.1) is 18.8 Å². The van der Waals surface area contributed by atoms with E-state index in [0.717, 1.165) is 10.5 Å². The van der Waals surface area contributed by atoms with Gasteiger partial charge in [0.15, 0.2) is 5.78 Å². The maximum atomic E-state index is 12.9. The van der Waals surface area contributed by atoms with Crippen molar-refractivity contribution in [3.8, 4) is 5.75 Å². The van der Waals surface area contributed by atoms with Crippen molar-refractivity contribution < 1.29 is 23.9 Å². The molecule has 6 nitrogen and oxygen atoms in total. The van der Waals surface area contributed by atoms with E-state index < -0.39 is 23.5 Å². The zero-order chi connectivity index (χ0) is 19.6. The molecule has 1 saturated heterocycles. The van der Waals surface area contributed by atoms with Crippen molar-refractivity contribution in [3.05, 3.63) is 29.3 Å². The Morgan fingerprint density at radius 3 is 2.46 bits per heavy atom. The highest BCUT2D eigenvalue weighted by Crippen LogP contribution is 2.29. The molecule has 1 aliphatic heterocycles. The van der Waals surface area contributed by atoms with Gasteiger partial charge in [-0.2, -0.15) is 0 Å². The molecule has 2 amide bonds. The third-order valence-electron chi connectivity index (χ3n) is 4.32. The fraction of sp³-hybridized carbons (Fsp3) is 0.550. The van der Waals surface area contributed by atoms with E-state index in [2.05, 4.69) is 0 Å². The van der Waals surface area contributed by atoms with Crippen LogP contribution in [0.25, 0.3) is 0 Å². The number of nitrogens with zero attached hydrogens (tertiary/aromatic N) is 1. The lowest BCUT2D eigenvalue weighted by Gasteiger charge is -2.35. The fourth-order valence-corrected chi connectivity index (χ4v) is 3.04. The number of likely N-dealkylation sites (tertiary alicyclic amines) is 1. The number of carbonyl (C=O) groups is 3. The first-order valence-electron chi connectivity index (χ1n) is 8.76. The molecule has 1 aromatic carbocycles. The molecule has 1 fully saturated rings. The van der Waals surface area contributed by atoms with Crippen LogP contribution in [0.15, 0.2) is 18.2 Å². The van der Waals surface area contributed by atoms with Crippen LogP contribution in [0.1, 0.15) is 50.0 Å². The maximum absolute atomic E-state index is 12.9.